The molecule has 0 aliphatic carbocycles. The fourth-order valence-corrected chi connectivity index (χ4v) is 5.13. The molecule has 0 aliphatic rings. The Morgan fingerprint density at radius 1 is 0.606 bits per heavy atom. The predicted molar refractivity (Wildman–Crippen MR) is 138 cm³/mol. The maximum atomic E-state index is 7.00. The molecular formula is C30H22O3. The molecule has 3 heteroatoms. The third kappa shape index (κ3) is 2.80. The zero-order chi connectivity index (χ0) is 22.5. The Morgan fingerprint density at radius 2 is 1.24 bits per heavy atom. The van der Waals surface area contributed by atoms with Crippen molar-refractivity contribution in [1.82, 2.24) is 0 Å². The summed E-state index contributed by atoms with van der Waals surface area (Å²) >= 11 is 0. The second-order valence-electron chi connectivity index (χ2n) is 8.12. The van der Waals surface area contributed by atoms with Crippen molar-refractivity contribution in [3.8, 4) is 17.1 Å². The summed E-state index contributed by atoms with van der Waals surface area (Å²) in [5.41, 5.74) is 1.96. The highest BCUT2D eigenvalue weighted by Gasteiger charge is 2.18. The van der Waals surface area contributed by atoms with E-state index in [9.17, 15) is 0 Å². The van der Waals surface area contributed by atoms with Crippen LogP contribution >= 0.6 is 0 Å². The number of fused-ring (bicyclic) bond motifs is 3. The number of furan rings is 1. The van der Waals surface area contributed by atoms with Crippen molar-refractivity contribution in [3.05, 3.63) is 91.0 Å². The number of hydrogen-bond acceptors (Lipinski definition) is 3. The Hall–Kier alpha value is -4.08. The highest BCUT2D eigenvalue weighted by molar-refractivity contribution is 6.35. The second-order valence-corrected chi connectivity index (χ2v) is 8.12. The minimum Gasteiger partial charge on any atom is -0.497 e. The van der Waals surface area contributed by atoms with Crippen molar-refractivity contribution in [3.63, 3.8) is 0 Å². The SMILES string of the molecule is CO.COc1ccc2cc(-c3ccc4cccc5c6cccc7cccc(c3c45)c76)oc2c1. The molecule has 7 aromatic rings. The molecule has 0 unspecified atom stereocenters. The highest BCUT2D eigenvalue weighted by atomic mass is 16.5. The zero-order valence-electron chi connectivity index (χ0n) is 18.4. The largest absolute Gasteiger partial charge is 0.497 e. The van der Waals surface area contributed by atoms with Crippen LogP contribution in [0.25, 0.3) is 65.4 Å². The molecule has 0 atom stereocenters. The molecule has 1 aromatic heterocycles. The molecule has 0 radical (unpaired) electrons. The number of hydrogen-bond donors (Lipinski definition) is 1. The average molecular weight is 431 g/mol. The fourth-order valence-electron chi connectivity index (χ4n) is 5.13. The number of methoxy groups -OCH3 is 1. The van der Waals surface area contributed by atoms with Crippen LogP contribution in [-0.2, 0) is 0 Å². The van der Waals surface area contributed by atoms with Crippen LogP contribution in [0.15, 0.2) is 95.4 Å². The Bertz CT molecular complexity index is 1770. The highest BCUT2D eigenvalue weighted by Crippen LogP contribution is 2.45. The summed E-state index contributed by atoms with van der Waals surface area (Å²) in [7, 11) is 2.68. The smallest absolute Gasteiger partial charge is 0.138 e. The first-order valence-corrected chi connectivity index (χ1v) is 10.9. The van der Waals surface area contributed by atoms with E-state index < -0.39 is 0 Å². The Labute approximate surface area is 190 Å². The lowest BCUT2D eigenvalue weighted by Gasteiger charge is -2.16. The number of ether oxygens (including phenoxy) is 1. The first-order chi connectivity index (χ1) is 16.3. The predicted octanol–water partition coefficient (Wildman–Crippen LogP) is 7.77. The molecule has 1 heterocycles. The van der Waals surface area contributed by atoms with Gasteiger partial charge < -0.3 is 14.3 Å². The van der Waals surface area contributed by atoms with Crippen LogP contribution in [0.4, 0.5) is 0 Å². The van der Waals surface area contributed by atoms with Crippen molar-refractivity contribution in [2.75, 3.05) is 14.2 Å². The fraction of sp³-hybridized carbons (Fsp3) is 0.0667. The molecule has 3 nitrogen and oxygen atoms in total. The van der Waals surface area contributed by atoms with E-state index in [4.69, 9.17) is 14.3 Å². The maximum Gasteiger partial charge on any atom is 0.138 e. The first kappa shape index (κ1) is 19.6. The molecule has 33 heavy (non-hydrogen) atoms. The van der Waals surface area contributed by atoms with Crippen molar-refractivity contribution in [2.24, 2.45) is 0 Å². The molecule has 160 valence electrons. The van der Waals surface area contributed by atoms with E-state index >= 15 is 0 Å². The topological polar surface area (TPSA) is 42.6 Å². The van der Waals surface area contributed by atoms with Gasteiger partial charge in [-0.2, -0.15) is 0 Å². The van der Waals surface area contributed by atoms with Gasteiger partial charge in [0.05, 0.1) is 7.11 Å². The number of aliphatic hydroxyl groups excluding tert-OH is 1. The molecule has 0 bridgehead atoms. The van der Waals surface area contributed by atoms with Crippen LogP contribution in [-0.4, -0.2) is 19.3 Å². The normalized spacial score (nSPS) is 11.5. The van der Waals surface area contributed by atoms with E-state index in [0.29, 0.717) is 0 Å². The Balaban J connectivity index is 0.00000101. The van der Waals surface area contributed by atoms with Crippen molar-refractivity contribution < 1.29 is 14.3 Å². The third-order valence-corrected chi connectivity index (χ3v) is 6.50. The average Bonchev–Trinajstić information content (AvgIpc) is 3.31. The van der Waals surface area contributed by atoms with Crippen molar-refractivity contribution in [2.45, 2.75) is 0 Å². The Morgan fingerprint density at radius 3 is 1.97 bits per heavy atom. The van der Waals surface area contributed by atoms with Gasteiger partial charge >= 0.3 is 0 Å². The van der Waals surface area contributed by atoms with Gasteiger partial charge in [-0.05, 0) is 62.0 Å². The quantitative estimate of drug-likeness (QED) is 0.225. The minimum absolute atomic E-state index is 0.800. The molecule has 0 saturated carbocycles. The van der Waals surface area contributed by atoms with Gasteiger partial charge in [0.1, 0.15) is 17.1 Å². The van der Waals surface area contributed by atoms with Gasteiger partial charge in [-0.3, -0.25) is 0 Å². The van der Waals surface area contributed by atoms with Crippen LogP contribution in [0.1, 0.15) is 0 Å². The summed E-state index contributed by atoms with van der Waals surface area (Å²) in [6.07, 6.45) is 0. The Kier molecular flexibility index (Phi) is 4.46. The lowest BCUT2D eigenvalue weighted by Crippen LogP contribution is -1.89. The van der Waals surface area contributed by atoms with Gasteiger partial charge in [-0.25, -0.2) is 0 Å². The van der Waals surface area contributed by atoms with Crippen LogP contribution in [0.3, 0.4) is 0 Å². The van der Waals surface area contributed by atoms with Gasteiger partial charge in [0.2, 0.25) is 0 Å². The molecule has 0 amide bonds. The van der Waals surface area contributed by atoms with Crippen LogP contribution in [0.5, 0.6) is 5.75 Å². The summed E-state index contributed by atoms with van der Waals surface area (Å²) in [5, 5.41) is 18.3. The molecule has 6 aromatic carbocycles. The lowest BCUT2D eigenvalue weighted by atomic mass is 9.87. The van der Waals surface area contributed by atoms with Gasteiger partial charge in [0.25, 0.3) is 0 Å². The molecule has 0 saturated heterocycles. The van der Waals surface area contributed by atoms with E-state index in [1.807, 2.05) is 12.1 Å². The van der Waals surface area contributed by atoms with Crippen LogP contribution in [0.2, 0.25) is 0 Å². The van der Waals surface area contributed by atoms with E-state index in [-0.39, 0.29) is 0 Å². The van der Waals surface area contributed by atoms with Gasteiger partial charge in [-0.15, -0.1) is 0 Å². The molecule has 0 fully saturated rings. The standard InChI is InChI=1S/C29H18O2.CH4O/c1-30-20-13-11-19-15-26(31-25(19)16-20)23-14-12-18-7-3-9-22-21-8-2-5-17-6-4-10-24(27(17)21)29(23)28(18)22;1-2/h2-16H,1H3;2H,1H3. The molecule has 0 aliphatic heterocycles. The van der Waals surface area contributed by atoms with Gasteiger partial charge in [0.15, 0.2) is 0 Å². The van der Waals surface area contributed by atoms with E-state index in [0.717, 1.165) is 35.2 Å². The van der Waals surface area contributed by atoms with Crippen LogP contribution in [0, 0.1) is 0 Å². The molecular weight excluding hydrogens is 408 g/mol. The minimum atomic E-state index is 0.800. The number of rotatable bonds is 2. The van der Waals surface area contributed by atoms with E-state index in [1.54, 1.807) is 7.11 Å². The summed E-state index contributed by atoms with van der Waals surface area (Å²) < 4.78 is 11.7. The lowest BCUT2D eigenvalue weighted by molar-refractivity contribution is 0.399. The number of benzene rings is 6. The molecule has 7 rings (SSSR count). The van der Waals surface area contributed by atoms with Gasteiger partial charge in [0, 0.05) is 29.5 Å². The second kappa shape index (κ2) is 7.51. The third-order valence-electron chi connectivity index (χ3n) is 6.50. The van der Waals surface area contributed by atoms with E-state index in [1.165, 1.54) is 43.1 Å². The van der Waals surface area contributed by atoms with Crippen molar-refractivity contribution >= 4 is 54.1 Å². The van der Waals surface area contributed by atoms with Crippen molar-refractivity contribution in [1.29, 1.82) is 0 Å². The monoisotopic (exact) mass is 430 g/mol. The van der Waals surface area contributed by atoms with E-state index in [2.05, 4.69) is 78.9 Å². The summed E-state index contributed by atoms with van der Waals surface area (Å²) in [6, 6.07) is 32.3. The summed E-state index contributed by atoms with van der Waals surface area (Å²) in [5.74, 6) is 1.68. The van der Waals surface area contributed by atoms with Gasteiger partial charge in [-0.1, -0.05) is 60.7 Å². The maximum absolute atomic E-state index is 7.00. The summed E-state index contributed by atoms with van der Waals surface area (Å²) in [6.45, 7) is 0. The number of aliphatic hydroxyl groups is 1. The van der Waals surface area contributed by atoms with Crippen LogP contribution < -0.4 is 4.74 Å². The first-order valence-electron chi connectivity index (χ1n) is 10.9. The summed E-state index contributed by atoms with van der Waals surface area (Å²) in [4.78, 5) is 0. The molecule has 0 spiro atoms. The molecule has 1 N–H and O–H groups in total. The zero-order valence-corrected chi connectivity index (χ0v) is 18.4.